The van der Waals surface area contributed by atoms with Crippen LogP contribution in [0.3, 0.4) is 0 Å². The predicted octanol–water partition coefficient (Wildman–Crippen LogP) is 5.13. The first-order valence-corrected chi connectivity index (χ1v) is 12.2. The van der Waals surface area contributed by atoms with Gasteiger partial charge in [-0.25, -0.2) is 9.37 Å². The summed E-state index contributed by atoms with van der Waals surface area (Å²) >= 11 is 1.61. The number of aryl methyl sites for hydroxylation is 1. The molecule has 1 unspecified atom stereocenters. The van der Waals surface area contributed by atoms with Crippen molar-refractivity contribution >= 4 is 11.8 Å². The molecule has 2 saturated carbocycles. The number of aromatic nitrogens is 4. The van der Waals surface area contributed by atoms with Gasteiger partial charge in [-0.15, -0.1) is 10.2 Å². The number of benzene rings is 1. The van der Waals surface area contributed by atoms with Gasteiger partial charge in [0.2, 0.25) is 5.82 Å². The normalized spacial score (nSPS) is 23.9. The molecule has 0 aliphatic heterocycles. The molecular weight excluding hydrogens is 470 g/mol. The Balaban J connectivity index is 1.11. The quantitative estimate of drug-likeness (QED) is 0.266. The average molecular weight is 496 g/mol. The second-order valence-corrected chi connectivity index (χ2v) is 10.2. The van der Waals surface area contributed by atoms with Gasteiger partial charge < -0.3 is 14.3 Å². The Bertz CT molecular complexity index is 1190. The van der Waals surface area contributed by atoms with Crippen LogP contribution in [0.4, 0.5) is 17.6 Å². The molecule has 1 aromatic carbocycles. The molecule has 0 spiro atoms. The van der Waals surface area contributed by atoms with Crippen LogP contribution in [0, 0.1) is 18.7 Å². The summed E-state index contributed by atoms with van der Waals surface area (Å²) in [6.07, 6.45) is 0.306. The van der Waals surface area contributed by atoms with Gasteiger partial charge in [0.1, 0.15) is 5.82 Å². The molecule has 6 nitrogen and oxygen atoms in total. The first-order chi connectivity index (χ1) is 16.2. The van der Waals surface area contributed by atoms with Gasteiger partial charge in [0.25, 0.3) is 0 Å². The van der Waals surface area contributed by atoms with Crippen LogP contribution in [0.1, 0.15) is 42.5 Å². The van der Waals surface area contributed by atoms with E-state index in [0.29, 0.717) is 23.2 Å². The molecule has 182 valence electrons. The Kier molecular flexibility index (Phi) is 5.96. The summed E-state index contributed by atoms with van der Waals surface area (Å²) in [4.78, 5) is 4.09. The number of fused-ring (bicyclic) bond motifs is 1. The Morgan fingerprint density at radius 2 is 2.12 bits per heavy atom. The van der Waals surface area contributed by atoms with Crippen molar-refractivity contribution in [2.45, 2.75) is 55.4 Å². The lowest BCUT2D eigenvalue weighted by atomic mass is 9.92. The molecule has 2 fully saturated rings. The molecule has 2 heterocycles. The van der Waals surface area contributed by atoms with Crippen LogP contribution in [0.25, 0.3) is 11.6 Å². The third-order valence-electron chi connectivity index (χ3n) is 7.10. The number of nitrogens with zero attached hydrogens (tertiary/aromatic N) is 4. The minimum absolute atomic E-state index is 0.266. The van der Waals surface area contributed by atoms with Crippen LogP contribution in [0.15, 0.2) is 34.2 Å². The van der Waals surface area contributed by atoms with E-state index in [-0.39, 0.29) is 17.4 Å². The van der Waals surface area contributed by atoms with Gasteiger partial charge in [0.15, 0.2) is 17.3 Å². The van der Waals surface area contributed by atoms with E-state index in [1.165, 1.54) is 12.5 Å². The molecule has 11 heteroatoms. The van der Waals surface area contributed by atoms with Crippen molar-refractivity contribution in [1.29, 1.82) is 0 Å². The molecule has 2 aromatic heterocycles. The number of nitrogens with one attached hydrogen (secondary N) is 1. The average Bonchev–Trinajstić information content (AvgIpc) is 3.02. The molecule has 1 N–H and O–H groups in total. The van der Waals surface area contributed by atoms with E-state index >= 15 is 0 Å². The number of thioether (sulfide) groups is 1. The van der Waals surface area contributed by atoms with E-state index in [1.807, 2.05) is 18.5 Å². The maximum Gasteiger partial charge on any atom is 0.416 e. The fourth-order valence-corrected chi connectivity index (χ4v) is 6.07. The van der Waals surface area contributed by atoms with Crippen molar-refractivity contribution in [2.24, 2.45) is 13.0 Å². The SMILES string of the molecule is Cc1ncoc1-c1nnc(SCCCN[C@@H]2CC[C@]3(c4ccc(C(F)(F)F)cc4F)CC23)n1C. The number of hydrogen-bond donors (Lipinski definition) is 1. The van der Waals surface area contributed by atoms with Crippen molar-refractivity contribution in [3.8, 4) is 11.6 Å². The number of rotatable bonds is 8. The van der Waals surface area contributed by atoms with Crippen molar-refractivity contribution in [2.75, 3.05) is 12.3 Å². The van der Waals surface area contributed by atoms with E-state index in [2.05, 4.69) is 20.5 Å². The van der Waals surface area contributed by atoms with Crippen molar-refractivity contribution in [3.05, 3.63) is 47.2 Å². The zero-order valence-electron chi connectivity index (χ0n) is 18.8. The highest BCUT2D eigenvalue weighted by Gasteiger charge is 2.63. The molecule has 34 heavy (non-hydrogen) atoms. The highest BCUT2D eigenvalue weighted by atomic mass is 32.2. The van der Waals surface area contributed by atoms with Crippen molar-refractivity contribution in [3.63, 3.8) is 0 Å². The fraction of sp³-hybridized carbons (Fsp3) is 0.522. The Hall–Kier alpha value is -2.40. The second-order valence-electron chi connectivity index (χ2n) is 9.09. The number of alkyl halides is 3. The molecule has 0 radical (unpaired) electrons. The van der Waals surface area contributed by atoms with E-state index in [4.69, 9.17) is 4.42 Å². The molecule has 2 aliphatic carbocycles. The minimum atomic E-state index is -4.53. The molecule has 0 bridgehead atoms. The minimum Gasteiger partial charge on any atom is -0.440 e. The van der Waals surface area contributed by atoms with Gasteiger partial charge in [-0.3, -0.25) is 0 Å². The number of halogens is 4. The number of oxazole rings is 1. The lowest BCUT2D eigenvalue weighted by Crippen LogP contribution is -2.30. The summed E-state index contributed by atoms with van der Waals surface area (Å²) in [6.45, 7) is 2.67. The van der Waals surface area contributed by atoms with Crippen LogP contribution >= 0.6 is 11.8 Å². The molecule has 5 rings (SSSR count). The van der Waals surface area contributed by atoms with Gasteiger partial charge >= 0.3 is 6.18 Å². The Labute approximate surface area is 198 Å². The zero-order chi connectivity index (χ0) is 24.1. The number of hydrogen-bond acceptors (Lipinski definition) is 6. The largest absolute Gasteiger partial charge is 0.440 e. The van der Waals surface area contributed by atoms with E-state index in [9.17, 15) is 17.6 Å². The Morgan fingerprint density at radius 3 is 2.79 bits per heavy atom. The third kappa shape index (κ3) is 4.13. The van der Waals surface area contributed by atoms with Crippen LogP contribution in [-0.2, 0) is 18.6 Å². The first kappa shape index (κ1) is 23.3. The maximum atomic E-state index is 14.5. The summed E-state index contributed by atoms with van der Waals surface area (Å²) in [5, 5.41) is 12.8. The van der Waals surface area contributed by atoms with Gasteiger partial charge in [0.05, 0.1) is 11.3 Å². The molecular formula is C23H25F4N5OS. The summed E-state index contributed by atoms with van der Waals surface area (Å²) in [7, 11) is 1.89. The van der Waals surface area contributed by atoms with Crippen LogP contribution in [0.5, 0.6) is 0 Å². The molecule has 0 amide bonds. The summed E-state index contributed by atoms with van der Waals surface area (Å²) < 4.78 is 60.4. The molecule has 3 aromatic rings. The van der Waals surface area contributed by atoms with E-state index in [0.717, 1.165) is 54.9 Å². The van der Waals surface area contributed by atoms with Gasteiger partial charge in [-0.2, -0.15) is 13.2 Å². The first-order valence-electron chi connectivity index (χ1n) is 11.2. The summed E-state index contributed by atoms with van der Waals surface area (Å²) in [5.74, 6) is 1.64. The standard InChI is InChI=1S/C23H25F4N5OS/c1-13-19(33-12-29-13)20-30-31-21(32(20)2)34-9-3-8-28-18-6-7-22(11-16(18)22)15-5-4-14(10-17(15)24)23(25,26)27/h4-5,10,12,16,18,28H,3,6-9,11H2,1-2H3/t16?,18-,22-/m1/s1. The third-order valence-corrected chi connectivity index (χ3v) is 8.20. The van der Waals surface area contributed by atoms with Crippen LogP contribution < -0.4 is 5.32 Å². The second kappa shape index (κ2) is 8.67. The molecule has 0 saturated heterocycles. The topological polar surface area (TPSA) is 68.8 Å². The van der Waals surface area contributed by atoms with E-state index in [1.54, 1.807) is 11.8 Å². The zero-order valence-corrected chi connectivity index (χ0v) is 19.6. The fourth-order valence-electron chi connectivity index (χ4n) is 5.22. The van der Waals surface area contributed by atoms with Crippen molar-refractivity contribution < 1.29 is 22.0 Å². The van der Waals surface area contributed by atoms with Gasteiger partial charge in [-0.05, 0) is 62.8 Å². The summed E-state index contributed by atoms with van der Waals surface area (Å²) in [5.41, 5.74) is -0.0433. The van der Waals surface area contributed by atoms with Crippen molar-refractivity contribution in [1.82, 2.24) is 25.1 Å². The predicted molar refractivity (Wildman–Crippen MR) is 119 cm³/mol. The molecule has 3 atom stereocenters. The van der Waals surface area contributed by atoms with Gasteiger partial charge in [0, 0.05) is 24.3 Å². The maximum absolute atomic E-state index is 14.5. The van der Waals surface area contributed by atoms with Gasteiger partial charge in [-0.1, -0.05) is 17.8 Å². The highest BCUT2D eigenvalue weighted by Crippen LogP contribution is 2.64. The lowest BCUT2D eigenvalue weighted by molar-refractivity contribution is -0.137. The highest BCUT2D eigenvalue weighted by molar-refractivity contribution is 7.99. The van der Waals surface area contributed by atoms with Crippen LogP contribution in [0.2, 0.25) is 0 Å². The summed E-state index contributed by atoms with van der Waals surface area (Å²) in [6, 6.07) is 3.25. The smallest absolute Gasteiger partial charge is 0.416 e. The van der Waals surface area contributed by atoms with Crippen LogP contribution in [-0.4, -0.2) is 38.1 Å². The van der Waals surface area contributed by atoms with E-state index < -0.39 is 17.6 Å². The lowest BCUT2D eigenvalue weighted by Gasteiger charge is -2.15. The molecule has 2 aliphatic rings. The Morgan fingerprint density at radius 1 is 1.29 bits per heavy atom. The monoisotopic (exact) mass is 495 g/mol.